The minimum atomic E-state index is -0.322. The average molecular weight is 212 g/mol. The molecule has 0 aromatic carbocycles. The molecule has 1 aromatic heterocycles. The molecule has 1 aromatic rings. The fourth-order valence-corrected chi connectivity index (χ4v) is 1.13. The zero-order valence-electron chi connectivity index (χ0n) is 9.19. The van der Waals surface area contributed by atoms with Gasteiger partial charge in [-0.3, -0.25) is 10.2 Å². The Morgan fingerprint density at radius 2 is 2.20 bits per heavy atom. The Kier molecular flexibility index (Phi) is 3.35. The molecule has 7 heteroatoms. The number of rotatable bonds is 3. The van der Waals surface area contributed by atoms with Gasteiger partial charge in [0.05, 0.1) is 0 Å². The summed E-state index contributed by atoms with van der Waals surface area (Å²) in [6, 6.07) is 0. The van der Waals surface area contributed by atoms with Crippen molar-refractivity contribution in [3.05, 3.63) is 5.82 Å². The predicted molar refractivity (Wildman–Crippen MR) is 53.3 cm³/mol. The van der Waals surface area contributed by atoms with Crippen LogP contribution in [0.15, 0.2) is 0 Å². The average Bonchev–Trinajstić information content (AvgIpc) is 2.50. The fraction of sp³-hybridized carbons (Fsp3) is 0.750. The third kappa shape index (κ3) is 3.62. The van der Waals surface area contributed by atoms with E-state index < -0.39 is 0 Å². The van der Waals surface area contributed by atoms with Crippen LogP contribution in [0.4, 0.5) is 0 Å². The molecule has 0 aliphatic rings. The first-order valence-corrected chi connectivity index (χ1v) is 4.67. The van der Waals surface area contributed by atoms with Gasteiger partial charge >= 0.3 is 0 Å². The fourth-order valence-electron chi connectivity index (χ4n) is 1.13. The topological polar surface area (TPSA) is 98.7 Å². The van der Waals surface area contributed by atoms with E-state index in [1.807, 2.05) is 5.43 Å². The number of hydrogen-bond donors (Lipinski definition) is 2. The summed E-state index contributed by atoms with van der Waals surface area (Å²) in [7, 11) is 0. The lowest BCUT2D eigenvalue weighted by atomic mass is 9.92. The van der Waals surface area contributed by atoms with Gasteiger partial charge in [-0.2, -0.15) is 0 Å². The molecule has 15 heavy (non-hydrogen) atoms. The van der Waals surface area contributed by atoms with Gasteiger partial charge in [0.2, 0.25) is 0 Å². The van der Waals surface area contributed by atoms with Crippen LogP contribution in [0.25, 0.3) is 0 Å². The molecule has 0 spiro atoms. The number of aromatic nitrogens is 4. The molecule has 1 rings (SSSR count). The summed E-state index contributed by atoms with van der Waals surface area (Å²) in [5, 5.41) is 11.1. The summed E-state index contributed by atoms with van der Waals surface area (Å²) < 4.78 is 1.45. The van der Waals surface area contributed by atoms with Crippen LogP contribution >= 0.6 is 0 Å². The Labute approximate surface area is 88.0 Å². The van der Waals surface area contributed by atoms with Crippen molar-refractivity contribution < 1.29 is 4.79 Å². The number of nitrogens with zero attached hydrogens (tertiary/aromatic N) is 4. The van der Waals surface area contributed by atoms with Crippen LogP contribution in [0.5, 0.6) is 0 Å². The molecule has 0 aliphatic heterocycles. The first kappa shape index (κ1) is 11.6. The van der Waals surface area contributed by atoms with Crippen molar-refractivity contribution in [2.75, 3.05) is 0 Å². The van der Waals surface area contributed by atoms with E-state index in [9.17, 15) is 4.79 Å². The maximum absolute atomic E-state index is 11.0. The van der Waals surface area contributed by atoms with Crippen LogP contribution in [-0.4, -0.2) is 26.1 Å². The third-order valence-electron chi connectivity index (χ3n) is 1.75. The number of hydrogen-bond acceptors (Lipinski definition) is 5. The van der Waals surface area contributed by atoms with E-state index in [1.165, 1.54) is 4.68 Å². The molecule has 0 aliphatic carbocycles. The monoisotopic (exact) mass is 212 g/mol. The largest absolute Gasteiger partial charge is 0.293 e. The molecule has 0 fully saturated rings. The van der Waals surface area contributed by atoms with Crippen LogP contribution in [0.1, 0.15) is 26.6 Å². The minimum absolute atomic E-state index is 0.0505. The summed E-state index contributed by atoms with van der Waals surface area (Å²) >= 11 is 0. The molecule has 7 nitrogen and oxygen atoms in total. The highest BCUT2D eigenvalue weighted by Gasteiger charge is 2.17. The number of hydrazine groups is 1. The Balaban J connectivity index is 2.74. The lowest BCUT2D eigenvalue weighted by Gasteiger charge is -2.16. The van der Waals surface area contributed by atoms with Gasteiger partial charge in [-0.25, -0.2) is 10.5 Å². The molecule has 1 heterocycles. The van der Waals surface area contributed by atoms with Crippen LogP contribution in [0.3, 0.4) is 0 Å². The molecular formula is C8H16N6O. The SMILES string of the molecule is CC(C)(C)Cc1nnnn1CC(=O)NN. The van der Waals surface area contributed by atoms with Crippen molar-refractivity contribution in [1.82, 2.24) is 25.6 Å². The molecule has 3 N–H and O–H groups in total. The van der Waals surface area contributed by atoms with Crippen LogP contribution < -0.4 is 11.3 Å². The standard InChI is InChI=1S/C8H16N6O/c1-8(2,3)4-6-11-12-13-14(6)5-7(15)10-9/h4-5,9H2,1-3H3,(H,10,15). The van der Waals surface area contributed by atoms with Gasteiger partial charge in [-0.1, -0.05) is 20.8 Å². The van der Waals surface area contributed by atoms with Crippen molar-refractivity contribution in [1.29, 1.82) is 0 Å². The van der Waals surface area contributed by atoms with Crippen molar-refractivity contribution >= 4 is 5.91 Å². The molecule has 0 radical (unpaired) electrons. The van der Waals surface area contributed by atoms with Gasteiger partial charge in [-0.15, -0.1) is 5.10 Å². The van der Waals surface area contributed by atoms with Gasteiger partial charge in [0.1, 0.15) is 6.54 Å². The van der Waals surface area contributed by atoms with Crippen molar-refractivity contribution in [3.63, 3.8) is 0 Å². The van der Waals surface area contributed by atoms with E-state index in [4.69, 9.17) is 5.84 Å². The number of tetrazole rings is 1. The summed E-state index contributed by atoms with van der Waals surface area (Å²) in [6.07, 6.45) is 0.706. The lowest BCUT2D eigenvalue weighted by molar-refractivity contribution is -0.122. The van der Waals surface area contributed by atoms with Gasteiger partial charge in [0.25, 0.3) is 5.91 Å². The maximum atomic E-state index is 11.0. The third-order valence-corrected chi connectivity index (χ3v) is 1.75. The maximum Gasteiger partial charge on any atom is 0.255 e. The van der Waals surface area contributed by atoms with Gasteiger partial charge < -0.3 is 0 Å². The second-order valence-electron chi connectivity index (χ2n) is 4.56. The van der Waals surface area contributed by atoms with E-state index >= 15 is 0 Å². The molecule has 84 valence electrons. The summed E-state index contributed by atoms with van der Waals surface area (Å²) in [5.41, 5.74) is 2.11. The van der Waals surface area contributed by atoms with Crippen molar-refractivity contribution in [3.8, 4) is 0 Å². The smallest absolute Gasteiger partial charge is 0.255 e. The summed E-state index contributed by atoms with van der Waals surface area (Å²) in [5.74, 6) is 5.35. The second-order valence-corrected chi connectivity index (χ2v) is 4.56. The summed E-state index contributed by atoms with van der Waals surface area (Å²) in [4.78, 5) is 11.0. The molecule has 0 bridgehead atoms. The normalized spacial score (nSPS) is 11.5. The number of carbonyl (C=O) groups is 1. The molecule has 1 amide bonds. The van der Waals surface area contributed by atoms with Gasteiger partial charge in [-0.05, 0) is 15.8 Å². The molecule has 0 saturated carbocycles. The Hall–Kier alpha value is -1.50. The van der Waals surface area contributed by atoms with Crippen molar-refractivity contribution in [2.45, 2.75) is 33.7 Å². The molecular weight excluding hydrogens is 196 g/mol. The van der Waals surface area contributed by atoms with E-state index in [1.54, 1.807) is 0 Å². The quantitative estimate of drug-likeness (QED) is 0.390. The highest BCUT2D eigenvalue weighted by molar-refractivity contribution is 5.74. The van der Waals surface area contributed by atoms with E-state index in [-0.39, 0.29) is 17.9 Å². The molecule has 0 unspecified atom stereocenters. The van der Waals surface area contributed by atoms with Crippen molar-refractivity contribution in [2.24, 2.45) is 11.3 Å². The zero-order chi connectivity index (χ0) is 11.5. The van der Waals surface area contributed by atoms with Gasteiger partial charge in [0.15, 0.2) is 5.82 Å². The zero-order valence-corrected chi connectivity index (χ0v) is 9.19. The van der Waals surface area contributed by atoms with Crippen LogP contribution in [-0.2, 0) is 17.8 Å². The van der Waals surface area contributed by atoms with Crippen LogP contribution in [0, 0.1) is 5.41 Å². The Morgan fingerprint density at radius 3 is 2.73 bits per heavy atom. The first-order valence-electron chi connectivity index (χ1n) is 4.67. The number of amides is 1. The highest BCUT2D eigenvalue weighted by atomic mass is 16.2. The lowest BCUT2D eigenvalue weighted by Crippen LogP contribution is -2.34. The number of nitrogens with one attached hydrogen (secondary N) is 1. The minimum Gasteiger partial charge on any atom is -0.293 e. The number of nitrogens with two attached hydrogens (primary N) is 1. The number of carbonyl (C=O) groups excluding carboxylic acids is 1. The predicted octanol–water partition coefficient (Wildman–Crippen LogP) is -0.748. The second kappa shape index (κ2) is 4.35. The molecule has 0 saturated heterocycles. The van der Waals surface area contributed by atoms with Crippen LogP contribution in [0.2, 0.25) is 0 Å². The highest BCUT2D eigenvalue weighted by Crippen LogP contribution is 2.18. The Morgan fingerprint density at radius 1 is 1.53 bits per heavy atom. The first-order chi connectivity index (χ1) is 6.92. The van der Waals surface area contributed by atoms with E-state index in [0.29, 0.717) is 12.2 Å². The Bertz CT molecular complexity index is 339. The van der Waals surface area contributed by atoms with E-state index in [2.05, 4.69) is 36.3 Å². The summed E-state index contributed by atoms with van der Waals surface area (Å²) in [6.45, 7) is 6.29. The van der Waals surface area contributed by atoms with Gasteiger partial charge in [0, 0.05) is 6.42 Å². The van der Waals surface area contributed by atoms with E-state index in [0.717, 1.165) is 0 Å². The molecule has 0 atom stereocenters.